The molecular formula is C14H21FN2. The first-order valence-corrected chi connectivity index (χ1v) is 6.44. The highest BCUT2D eigenvalue weighted by Gasteiger charge is 2.20. The Morgan fingerprint density at radius 2 is 2.29 bits per heavy atom. The van der Waals surface area contributed by atoms with Crippen LogP contribution in [0.5, 0.6) is 0 Å². The molecule has 1 aromatic rings. The maximum atomic E-state index is 13.2. The van der Waals surface area contributed by atoms with Crippen molar-refractivity contribution in [2.45, 2.75) is 26.2 Å². The molecule has 0 fully saturated rings. The Balaban J connectivity index is 1.99. The molecule has 2 nitrogen and oxygen atoms in total. The van der Waals surface area contributed by atoms with Gasteiger partial charge in [-0.25, -0.2) is 4.39 Å². The van der Waals surface area contributed by atoms with Gasteiger partial charge in [0.05, 0.1) is 0 Å². The molecule has 17 heavy (non-hydrogen) atoms. The number of nitrogens with zero attached hydrogens (tertiary/aromatic N) is 1. The maximum absolute atomic E-state index is 13.2. The summed E-state index contributed by atoms with van der Waals surface area (Å²) in [5.41, 5.74) is 7.88. The maximum Gasteiger partial charge on any atom is 0.125 e. The van der Waals surface area contributed by atoms with Crippen molar-refractivity contribution in [3.63, 3.8) is 0 Å². The molecule has 1 atom stereocenters. The van der Waals surface area contributed by atoms with E-state index in [1.807, 2.05) is 6.07 Å². The number of hydrogen-bond donors (Lipinski definition) is 1. The van der Waals surface area contributed by atoms with Gasteiger partial charge in [0.15, 0.2) is 0 Å². The predicted octanol–water partition coefficient (Wildman–Crippen LogP) is 2.56. The first-order valence-electron chi connectivity index (χ1n) is 6.44. The molecule has 94 valence electrons. The van der Waals surface area contributed by atoms with Crippen LogP contribution in [0.25, 0.3) is 0 Å². The molecule has 0 aliphatic carbocycles. The second-order valence-corrected chi connectivity index (χ2v) is 5.01. The van der Waals surface area contributed by atoms with Crippen molar-refractivity contribution >= 4 is 5.69 Å². The highest BCUT2D eigenvalue weighted by molar-refractivity contribution is 5.58. The average Bonchev–Trinajstić information content (AvgIpc) is 2.69. The van der Waals surface area contributed by atoms with E-state index in [-0.39, 0.29) is 5.82 Å². The zero-order valence-electron chi connectivity index (χ0n) is 10.5. The van der Waals surface area contributed by atoms with Crippen molar-refractivity contribution in [2.24, 2.45) is 11.7 Å². The van der Waals surface area contributed by atoms with Crippen molar-refractivity contribution < 1.29 is 4.39 Å². The van der Waals surface area contributed by atoms with Crippen LogP contribution >= 0.6 is 0 Å². The van der Waals surface area contributed by atoms with E-state index in [0.29, 0.717) is 5.92 Å². The normalized spacial score (nSPS) is 16.1. The Morgan fingerprint density at radius 3 is 3.06 bits per heavy atom. The standard InChI is InChI=1S/C14H21FN2/c1-11(3-2-7-16)10-17-8-6-12-4-5-13(15)9-14(12)17/h4-5,9,11H,2-3,6-8,10,16H2,1H3. The Kier molecular flexibility index (Phi) is 4.00. The quantitative estimate of drug-likeness (QED) is 0.851. The molecule has 2 N–H and O–H groups in total. The molecular weight excluding hydrogens is 215 g/mol. The molecule has 0 amide bonds. The highest BCUT2D eigenvalue weighted by Crippen LogP contribution is 2.29. The van der Waals surface area contributed by atoms with Gasteiger partial charge in [0, 0.05) is 18.8 Å². The molecule has 1 aromatic carbocycles. The highest BCUT2D eigenvalue weighted by atomic mass is 19.1. The average molecular weight is 236 g/mol. The first-order chi connectivity index (χ1) is 8.20. The number of halogens is 1. The summed E-state index contributed by atoms with van der Waals surface area (Å²) in [5.74, 6) is 0.484. The van der Waals surface area contributed by atoms with Gasteiger partial charge >= 0.3 is 0 Å². The van der Waals surface area contributed by atoms with Gasteiger partial charge in [-0.3, -0.25) is 0 Å². The lowest BCUT2D eigenvalue weighted by atomic mass is 10.1. The number of fused-ring (bicyclic) bond motifs is 1. The van der Waals surface area contributed by atoms with E-state index in [1.165, 1.54) is 5.56 Å². The van der Waals surface area contributed by atoms with Crippen molar-refractivity contribution in [2.75, 3.05) is 24.5 Å². The Hall–Kier alpha value is -1.09. The third kappa shape index (κ3) is 2.97. The molecule has 1 unspecified atom stereocenters. The lowest BCUT2D eigenvalue weighted by Gasteiger charge is -2.23. The van der Waals surface area contributed by atoms with Crippen LogP contribution in [-0.2, 0) is 6.42 Å². The van der Waals surface area contributed by atoms with Gasteiger partial charge in [0.2, 0.25) is 0 Å². The van der Waals surface area contributed by atoms with Crippen LogP contribution in [0.2, 0.25) is 0 Å². The smallest absolute Gasteiger partial charge is 0.125 e. The number of hydrogen-bond acceptors (Lipinski definition) is 2. The predicted molar refractivity (Wildman–Crippen MR) is 69.8 cm³/mol. The van der Waals surface area contributed by atoms with E-state index in [9.17, 15) is 4.39 Å². The van der Waals surface area contributed by atoms with Gasteiger partial charge in [-0.2, -0.15) is 0 Å². The van der Waals surface area contributed by atoms with Crippen molar-refractivity contribution in [3.8, 4) is 0 Å². The van der Waals surface area contributed by atoms with Crippen LogP contribution in [-0.4, -0.2) is 19.6 Å². The third-order valence-corrected chi connectivity index (χ3v) is 3.47. The topological polar surface area (TPSA) is 29.3 Å². The van der Waals surface area contributed by atoms with Crippen LogP contribution < -0.4 is 10.6 Å². The number of nitrogens with two attached hydrogens (primary N) is 1. The van der Waals surface area contributed by atoms with E-state index >= 15 is 0 Å². The second-order valence-electron chi connectivity index (χ2n) is 5.01. The Morgan fingerprint density at radius 1 is 1.47 bits per heavy atom. The second kappa shape index (κ2) is 5.50. The first kappa shape index (κ1) is 12.4. The lowest BCUT2D eigenvalue weighted by molar-refractivity contribution is 0.507. The minimum Gasteiger partial charge on any atom is -0.371 e. The molecule has 0 saturated heterocycles. The number of anilines is 1. The summed E-state index contributed by atoms with van der Waals surface area (Å²) in [5, 5.41) is 0. The molecule has 2 rings (SSSR count). The molecule has 0 aromatic heterocycles. The Labute approximate surface area is 103 Å². The van der Waals surface area contributed by atoms with Gasteiger partial charge in [0.25, 0.3) is 0 Å². The van der Waals surface area contributed by atoms with E-state index in [2.05, 4.69) is 11.8 Å². The number of rotatable bonds is 5. The molecule has 3 heteroatoms. The summed E-state index contributed by atoms with van der Waals surface area (Å²) < 4.78 is 13.2. The van der Waals surface area contributed by atoms with Gasteiger partial charge in [-0.05, 0) is 49.4 Å². The molecule has 0 radical (unpaired) electrons. The summed E-state index contributed by atoms with van der Waals surface area (Å²) in [4.78, 5) is 2.31. The van der Waals surface area contributed by atoms with Gasteiger partial charge in [-0.1, -0.05) is 13.0 Å². The van der Waals surface area contributed by atoms with E-state index in [1.54, 1.807) is 12.1 Å². The summed E-state index contributed by atoms with van der Waals surface area (Å²) in [6, 6.07) is 5.13. The van der Waals surface area contributed by atoms with Gasteiger partial charge in [0.1, 0.15) is 5.82 Å². The fraction of sp³-hybridized carbons (Fsp3) is 0.571. The number of benzene rings is 1. The van der Waals surface area contributed by atoms with E-state index < -0.39 is 0 Å². The SMILES string of the molecule is CC(CCCN)CN1CCc2ccc(F)cc21. The summed E-state index contributed by atoms with van der Waals surface area (Å²) in [6.07, 6.45) is 3.27. The molecule has 1 aliphatic rings. The van der Waals surface area contributed by atoms with Crippen LogP contribution in [0.4, 0.5) is 10.1 Å². The third-order valence-electron chi connectivity index (χ3n) is 3.47. The van der Waals surface area contributed by atoms with Crippen LogP contribution in [0, 0.1) is 11.7 Å². The summed E-state index contributed by atoms with van der Waals surface area (Å²) in [7, 11) is 0. The largest absolute Gasteiger partial charge is 0.371 e. The van der Waals surface area contributed by atoms with Crippen LogP contribution in [0.3, 0.4) is 0 Å². The zero-order chi connectivity index (χ0) is 12.3. The van der Waals surface area contributed by atoms with Crippen molar-refractivity contribution in [1.82, 2.24) is 0 Å². The van der Waals surface area contributed by atoms with Crippen molar-refractivity contribution in [1.29, 1.82) is 0 Å². The summed E-state index contributed by atoms with van der Waals surface area (Å²) in [6.45, 7) is 5.03. The fourth-order valence-corrected chi connectivity index (χ4v) is 2.54. The zero-order valence-corrected chi connectivity index (χ0v) is 10.5. The monoisotopic (exact) mass is 236 g/mol. The van der Waals surface area contributed by atoms with Crippen LogP contribution in [0.1, 0.15) is 25.3 Å². The van der Waals surface area contributed by atoms with Crippen LogP contribution in [0.15, 0.2) is 18.2 Å². The molecule has 1 heterocycles. The summed E-state index contributed by atoms with van der Waals surface area (Å²) >= 11 is 0. The minimum atomic E-state index is -0.134. The molecule has 0 spiro atoms. The molecule has 0 bridgehead atoms. The lowest BCUT2D eigenvalue weighted by Crippen LogP contribution is -2.26. The van der Waals surface area contributed by atoms with Crippen molar-refractivity contribution in [3.05, 3.63) is 29.6 Å². The Bertz CT molecular complexity index is 378. The van der Waals surface area contributed by atoms with E-state index in [4.69, 9.17) is 5.73 Å². The molecule has 1 aliphatic heterocycles. The van der Waals surface area contributed by atoms with Gasteiger partial charge in [-0.15, -0.1) is 0 Å². The molecule has 0 saturated carbocycles. The van der Waals surface area contributed by atoms with Gasteiger partial charge < -0.3 is 10.6 Å². The fourth-order valence-electron chi connectivity index (χ4n) is 2.54. The minimum absolute atomic E-state index is 0.134. The van der Waals surface area contributed by atoms with E-state index in [0.717, 1.165) is 44.6 Å².